The van der Waals surface area contributed by atoms with E-state index in [4.69, 9.17) is 0 Å². The summed E-state index contributed by atoms with van der Waals surface area (Å²) in [6.07, 6.45) is 10.7. The number of hydrogen-bond acceptors (Lipinski definition) is 4. The van der Waals surface area contributed by atoms with Crippen LogP contribution in [0.1, 0.15) is 38.5 Å². The molecule has 0 bridgehead atoms. The van der Waals surface area contributed by atoms with Crippen LogP contribution in [0.4, 0.5) is 5.82 Å². The molecule has 3 heterocycles. The van der Waals surface area contributed by atoms with Gasteiger partial charge in [0.25, 0.3) is 0 Å². The molecule has 1 saturated carbocycles. The van der Waals surface area contributed by atoms with Gasteiger partial charge in [-0.1, -0.05) is 19.3 Å². The molecule has 2 aliphatic rings. The molecule has 2 aromatic rings. The third-order valence-corrected chi connectivity index (χ3v) is 5.68. The third-order valence-electron chi connectivity index (χ3n) is 5.68. The molecule has 0 spiro atoms. The lowest BCUT2D eigenvalue weighted by Crippen LogP contribution is -2.49. The fraction of sp³-hybridized carbons (Fsp3) is 0.550. The lowest BCUT2D eigenvalue weighted by Gasteiger charge is -2.35. The SMILES string of the molecule is O=C(CC1CCCCC1)N1CCN(c2cc(-c3cccnc3)[nH]n2)CC1. The predicted molar refractivity (Wildman–Crippen MR) is 102 cm³/mol. The van der Waals surface area contributed by atoms with Crippen molar-refractivity contribution in [2.75, 3.05) is 31.1 Å². The topological polar surface area (TPSA) is 65.1 Å². The molecular weight excluding hydrogens is 326 g/mol. The third kappa shape index (κ3) is 3.89. The van der Waals surface area contributed by atoms with Gasteiger partial charge in [0, 0.05) is 56.6 Å². The molecule has 1 aliphatic heterocycles. The van der Waals surface area contributed by atoms with Crippen molar-refractivity contribution < 1.29 is 4.79 Å². The van der Waals surface area contributed by atoms with Gasteiger partial charge in [-0.2, -0.15) is 5.10 Å². The number of carbonyl (C=O) groups is 1. The first-order chi connectivity index (χ1) is 12.8. The van der Waals surface area contributed by atoms with E-state index in [2.05, 4.69) is 26.1 Å². The Morgan fingerprint density at radius 3 is 2.69 bits per heavy atom. The number of aromatic nitrogens is 3. The van der Waals surface area contributed by atoms with Crippen LogP contribution in [-0.4, -0.2) is 52.2 Å². The molecule has 1 aliphatic carbocycles. The van der Waals surface area contributed by atoms with Crippen molar-refractivity contribution in [3.63, 3.8) is 0 Å². The highest BCUT2D eigenvalue weighted by Crippen LogP contribution is 2.27. The smallest absolute Gasteiger partial charge is 0.222 e. The summed E-state index contributed by atoms with van der Waals surface area (Å²) in [6, 6.07) is 6.01. The Hall–Kier alpha value is -2.37. The molecule has 1 amide bonds. The number of hydrogen-bond donors (Lipinski definition) is 1. The van der Waals surface area contributed by atoms with Crippen LogP contribution in [0.15, 0.2) is 30.6 Å². The Kier molecular flexibility index (Phi) is 5.18. The van der Waals surface area contributed by atoms with Crippen LogP contribution in [-0.2, 0) is 4.79 Å². The van der Waals surface area contributed by atoms with E-state index in [9.17, 15) is 4.79 Å². The first-order valence-electron chi connectivity index (χ1n) is 9.78. The predicted octanol–water partition coefficient (Wildman–Crippen LogP) is 3.09. The minimum absolute atomic E-state index is 0.342. The molecule has 138 valence electrons. The number of nitrogens with zero attached hydrogens (tertiary/aromatic N) is 4. The molecule has 0 aromatic carbocycles. The van der Waals surface area contributed by atoms with Crippen molar-refractivity contribution in [3.8, 4) is 11.3 Å². The highest BCUT2D eigenvalue weighted by Gasteiger charge is 2.25. The Labute approximate surface area is 154 Å². The van der Waals surface area contributed by atoms with E-state index in [-0.39, 0.29) is 0 Å². The van der Waals surface area contributed by atoms with E-state index >= 15 is 0 Å². The highest BCUT2D eigenvalue weighted by atomic mass is 16.2. The molecule has 0 atom stereocenters. The summed E-state index contributed by atoms with van der Waals surface area (Å²) in [5.41, 5.74) is 2.01. The maximum Gasteiger partial charge on any atom is 0.222 e. The number of H-pyrrole nitrogens is 1. The fourth-order valence-corrected chi connectivity index (χ4v) is 4.10. The second kappa shape index (κ2) is 7.89. The normalized spacial score (nSPS) is 18.9. The summed E-state index contributed by atoms with van der Waals surface area (Å²) < 4.78 is 0. The van der Waals surface area contributed by atoms with Crippen LogP contribution in [0.25, 0.3) is 11.3 Å². The molecule has 6 nitrogen and oxygen atoms in total. The van der Waals surface area contributed by atoms with Gasteiger partial charge in [0.15, 0.2) is 5.82 Å². The zero-order valence-electron chi connectivity index (χ0n) is 15.2. The minimum atomic E-state index is 0.342. The van der Waals surface area contributed by atoms with Crippen LogP contribution in [0.3, 0.4) is 0 Å². The van der Waals surface area contributed by atoms with Crippen LogP contribution < -0.4 is 4.90 Å². The largest absolute Gasteiger partial charge is 0.352 e. The molecule has 2 fully saturated rings. The average molecular weight is 353 g/mol. The maximum atomic E-state index is 12.6. The summed E-state index contributed by atoms with van der Waals surface area (Å²) in [6.45, 7) is 3.27. The molecule has 1 saturated heterocycles. The molecule has 1 N–H and O–H groups in total. The summed E-state index contributed by atoms with van der Waals surface area (Å²) >= 11 is 0. The fourth-order valence-electron chi connectivity index (χ4n) is 4.10. The van der Waals surface area contributed by atoms with E-state index in [1.54, 1.807) is 6.20 Å². The van der Waals surface area contributed by atoms with Gasteiger partial charge in [0.1, 0.15) is 0 Å². The maximum absolute atomic E-state index is 12.6. The van der Waals surface area contributed by atoms with Crippen molar-refractivity contribution >= 4 is 11.7 Å². The molecule has 6 heteroatoms. The second-order valence-corrected chi connectivity index (χ2v) is 7.46. The second-order valence-electron chi connectivity index (χ2n) is 7.46. The van der Waals surface area contributed by atoms with Gasteiger partial charge in [-0.25, -0.2) is 0 Å². The van der Waals surface area contributed by atoms with Crippen LogP contribution >= 0.6 is 0 Å². The van der Waals surface area contributed by atoms with Gasteiger partial charge in [-0.05, 0) is 30.9 Å². The van der Waals surface area contributed by atoms with E-state index in [0.717, 1.165) is 49.7 Å². The Bertz CT molecular complexity index is 715. The number of nitrogens with one attached hydrogen (secondary N) is 1. The molecule has 4 rings (SSSR count). The first kappa shape index (κ1) is 17.1. The number of rotatable bonds is 4. The van der Waals surface area contributed by atoms with Crippen molar-refractivity contribution in [2.45, 2.75) is 38.5 Å². The van der Waals surface area contributed by atoms with Crippen molar-refractivity contribution in [1.29, 1.82) is 0 Å². The average Bonchev–Trinajstić information content (AvgIpc) is 3.20. The zero-order valence-corrected chi connectivity index (χ0v) is 15.2. The lowest BCUT2D eigenvalue weighted by molar-refractivity contribution is -0.132. The number of pyridine rings is 1. The highest BCUT2D eigenvalue weighted by molar-refractivity contribution is 5.76. The van der Waals surface area contributed by atoms with Crippen LogP contribution in [0, 0.1) is 5.92 Å². The van der Waals surface area contributed by atoms with E-state index in [0.29, 0.717) is 11.8 Å². The van der Waals surface area contributed by atoms with Crippen molar-refractivity contribution in [1.82, 2.24) is 20.1 Å². The molecule has 2 aromatic heterocycles. The minimum Gasteiger partial charge on any atom is -0.352 e. The van der Waals surface area contributed by atoms with Crippen LogP contribution in [0.2, 0.25) is 0 Å². The zero-order chi connectivity index (χ0) is 17.8. The number of anilines is 1. The summed E-state index contributed by atoms with van der Waals surface area (Å²) in [5, 5.41) is 7.54. The summed E-state index contributed by atoms with van der Waals surface area (Å²) in [4.78, 5) is 21.0. The van der Waals surface area contributed by atoms with E-state index in [1.165, 1.54) is 32.1 Å². The molecule has 26 heavy (non-hydrogen) atoms. The van der Waals surface area contributed by atoms with Gasteiger partial charge >= 0.3 is 0 Å². The summed E-state index contributed by atoms with van der Waals surface area (Å²) in [5.74, 6) is 1.90. The Morgan fingerprint density at radius 2 is 1.96 bits per heavy atom. The Morgan fingerprint density at radius 1 is 1.15 bits per heavy atom. The van der Waals surface area contributed by atoms with Gasteiger partial charge in [0.05, 0.1) is 5.69 Å². The van der Waals surface area contributed by atoms with Gasteiger partial charge in [0.2, 0.25) is 5.91 Å². The first-order valence-corrected chi connectivity index (χ1v) is 9.78. The number of carbonyl (C=O) groups excluding carboxylic acids is 1. The standard InChI is InChI=1S/C20H27N5O/c26-20(13-16-5-2-1-3-6-16)25-11-9-24(10-12-25)19-14-18(22-23-19)17-7-4-8-21-15-17/h4,7-8,14-16H,1-3,5-6,9-13H2,(H,22,23). The quantitative estimate of drug-likeness (QED) is 0.917. The van der Waals surface area contributed by atoms with E-state index < -0.39 is 0 Å². The van der Waals surface area contributed by atoms with Gasteiger partial charge in [-0.3, -0.25) is 14.9 Å². The lowest BCUT2D eigenvalue weighted by atomic mass is 9.86. The van der Waals surface area contributed by atoms with Crippen molar-refractivity contribution in [2.24, 2.45) is 5.92 Å². The molecule has 0 radical (unpaired) electrons. The Balaban J connectivity index is 1.31. The molecule has 0 unspecified atom stereocenters. The van der Waals surface area contributed by atoms with Crippen molar-refractivity contribution in [3.05, 3.63) is 30.6 Å². The van der Waals surface area contributed by atoms with Crippen LogP contribution in [0.5, 0.6) is 0 Å². The van der Waals surface area contributed by atoms with Gasteiger partial charge in [-0.15, -0.1) is 0 Å². The van der Waals surface area contributed by atoms with E-state index in [1.807, 2.05) is 23.2 Å². The molecular formula is C20H27N5O. The van der Waals surface area contributed by atoms with Gasteiger partial charge < -0.3 is 9.80 Å². The number of aromatic amines is 1. The number of piperazine rings is 1. The summed E-state index contributed by atoms with van der Waals surface area (Å²) in [7, 11) is 0. The number of amides is 1. The monoisotopic (exact) mass is 353 g/mol.